The summed E-state index contributed by atoms with van der Waals surface area (Å²) in [4.78, 5) is 13.0. The van der Waals surface area contributed by atoms with Crippen molar-refractivity contribution in [3.63, 3.8) is 0 Å². The maximum Gasteiger partial charge on any atom is 0.272 e. The number of methoxy groups -OCH3 is 1. The van der Waals surface area contributed by atoms with E-state index in [1.54, 1.807) is 24.3 Å². The first kappa shape index (κ1) is 28.9. The zero-order valence-corrected chi connectivity index (χ0v) is 23.9. The zero-order chi connectivity index (χ0) is 29.4. The lowest BCUT2D eigenvalue weighted by Crippen LogP contribution is -2.33. The number of hydrogen-bond donors (Lipinski definition) is 3. The highest BCUT2D eigenvalue weighted by Gasteiger charge is 2.30. The summed E-state index contributed by atoms with van der Waals surface area (Å²) in [5.41, 5.74) is 6.59. The van der Waals surface area contributed by atoms with Crippen molar-refractivity contribution in [3.8, 4) is 17.0 Å². The Morgan fingerprint density at radius 1 is 1.07 bits per heavy atom. The Balaban J connectivity index is 1.50. The van der Waals surface area contributed by atoms with E-state index in [4.69, 9.17) is 22.1 Å². The summed E-state index contributed by atoms with van der Waals surface area (Å²) in [6.07, 6.45) is 4.97. The molecule has 2 heterocycles. The Morgan fingerprint density at radius 3 is 2.49 bits per heavy atom. The molecule has 0 radical (unpaired) electrons. The minimum Gasteiger partial charge on any atom is -0.480 e. The second-order valence-electron chi connectivity index (χ2n) is 10.1. The average Bonchev–Trinajstić information content (AvgIpc) is 2.93. The molecular weight excluding hydrogens is 574 g/mol. The van der Waals surface area contributed by atoms with E-state index < -0.39 is 15.9 Å². The van der Waals surface area contributed by atoms with Crippen LogP contribution in [-0.2, 0) is 15.9 Å². The minimum absolute atomic E-state index is 0.0313. The molecule has 0 unspecified atom stereocenters. The van der Waals surface area contributed by atoms with Gasteiger partial charge in [-0.1, -0.05) is 23.7 Å². The zero-order valence-electron chi connectivity index (χ0n) is 22.4. The van der Waals surface area contributed by atoms with Crippen molar-refractivity contribution in [1.29, 1.82) is 0 Å². The van der Waals surface area contributed by atoms with Gasteiger partial charge in [0.1, 0.15) is 10.7 Å². The van der Waals surface area contributed by atoms with E-state index in [9.17, 15) is 17.2 Å². The summed E-state index contributed by atoms with van der Waals surface area (Å²) in [6.45, 7) is 0.811. The molecule has 1 aliphatic carbocycles. The Kier molecular flexibility index (Phi) is 8.00. The lowest BCUT2D eigenvalue weighted by Gasteiger charge is -2.27. The number of ether oxygens (including phenoxy) is 1. The van der Waals surface area contributed by atoms with Crippen LogP contribution in [0.3, 0.4) is 0 Å². The van der Waals surface area contributed by atoms with Crippen LogP contribution in [-0.4, -0.2) is 42.6 Å². The number of nitrogens with one attached hydrogen (secondary N) is 2. The van der Waals surface area contributed by atoms with Gasteiger partial charge in [-0.25, -0.2) is 27.2 Å². The highest BCUT2D eigenvalue weighted by atomic mass is 35.5. The Labute approximate surface area is 241 Å². The molecule has 2 aromatic heterocycles. The van der Waals surface area contributed by atoms with Gasteiger partial charge in [-0.05, 0) is 67.6 Å². The van der Waals surface area contributed by atoms with Crippen LogP contribution in [0.4, 0.5) is 20.5 Å². The molecule has 5 rings (SSSR count). The van der Waals surface area contributed by atoms with Crippen molar-refractivity contribution in [2.24, 2.45) is 5.73 Å². The highest BCUT2D eigenvalue weighted by Crippen LogP contribution is 2.39. The fraction of sp³-hybridized carbons (Fsp3) is 0.321. The molecule has 1 fully saturated rings. The van der Waals surface area contributed by atoms with Gasteiger partial charge in [-0.3, -0.25) is 4.72 Å². The summed E-state index contributed by atoms with van der Waals surface area (Å²) in [5.74, 6) is -2.94. The first-order chi connectivity index (χ1) is 19.4. The van der Waals surface area contributed by atoms with Gasteiger partial charge in [-0.2, -0.15) is 4.98 Å². The van der Waals surface area contributed by atoms with E-state index in [0.29, 0.717) is 16.5 Å². The van der Waals surface area contributed by atoms with Crippen LogP contribution in [0.5, 0.6) is 5.88 Å². The van der Waals surface area contributed by atoms with Crippen molar-refractivity contribution < 1.29 is 21.9 Å². The molecule has 0 aliphatic heterocycles. The van der Waals surface area contributed by atoms with Crippen LogP contribution in [0.1, 0.15) is 38.2 Å². The van der Waals surface area contributed by atoms with Crippen molar-refractivity contribution in [2.75, 3.05) is 17.1 Å². The molecule has 0 atom stereocenters. The van der Waals surface area contributed by atoms with Crippen molar-refractivity contribution in [3.05, 3.63) is 65.3 Å². The number of nitrogens with two attached hydrogens (primary N) is 1. The molecule has 1 aliphatic rings. The molecule has 0 spiro atoms. The number of anilines is 2. The molecule has 4 N–H and O–H groups in total. The predicted molar refractivity (Wildman–Crippen MR) is 155 cm³/mol. The fourth-order valence-corrected chi connectivity index (χ4v) is 6.40. The summed E-state index contributed by atoms with van der Waals surface area (Å²) in [7, 11) is -2.69. The number of pyridine rings is 1. The second kappa shape index (κ2) is 11.3. The Bertz CT molecular complexity index is 1690. The summed E-state index contributed by atoms with van der Waals surface area (Å²) >= 11 is 6.06. The first-order valence-electron chi connectivity index (χ1n) is 13.0. The van der Waals surface area contributed by atoms with Crippen LogP contribution in [0.25, 0.3) is 22.0 Å². The van der Waals surface area contributed by atoms with Crippen molar-refractivity contribution in [2.45, 2.75) is 55.5 Å². The number of hydrogen-bond acceptors (Lipinski definition) is 8. The lowest BCUT2D eigenvalue weighted by atomic mass is 9.92. The van der Waals surface area contributed by atoms with E-state index in [1.807, 2.05) is 0 Å². The molecule has 41 heavy (non-hydrogen) atoms. The third kappa shape index (κ3) is 6.34. The van der Waals surface area contributed by atoms with Crippen molar-refractivity contribution >= 4 is 44.3 Å². The molecule has 216 valence electrons. The maximum atomic E-state index is 14.9. The van der Waals surface area contributed by atoms with E-state index in [2.05, 4.69) is 25.0 Å². The molecule has 4 aromatic rings. The Morgan fingerprint density at radius 2 is 1.80 bits per heavy atom. The van der Waals surface area contributed by atoms with Crippen LogP contribution >= 0.6 is 11.6 Å². The van der Waals surface area contributed by atoms with Crippen LogP contribution in [0.2, 0.25) is 5.02 Å². The van der Waals surface area contributed by atoms with Gasteiger partial charge in [0.15, 0.2) is 0 Å². The third-order valence-corrected chi connectivity index (χ3v) is 8.85. The topological polar surface area (TPSA) is 132 Å². The van der Waals surface area contributed by atoms with Crippen molar-refractivity contribution in [1.82, 2.24) is 15.0 Å². The number of nitrogens with zero attached hydrogens (tertiary/aromatic N) is 3. The maximum absolute atomic E-state index is 14.9. The first-order valence-corrected chi connectivity index (χ1v) is 14.8. The second-order valence-corrected chi connectivity index (χ2v) is 12.1. The molecule has 9 nitrogen and oxygen atoms in total. The van der Waals surface area contributed by atoms with Gasteiger partial charge in [0.2, 0.25) is 11.8 Å². The van der Waals surface area contributed by atoms with Gasteiger partial charge in [0, 0.05) is 41.7 Å². The molecule has 0 amide bonds. The molecular formula is C28H29ClF2N6O3S. The van der Waals surface area contributed by atoms with Crippen LogP contribution < -0.4 is 20.5 Å². The summed E-state index contributed by atoms with van der Waals surface area (Å²) in [5, 5.41) is 3.72. The third-order valence-electron chi connectivity index (χ3n) is 6.99. The number of rotatable bonds is 8. The van der Waals surface area contributed by atoms with Gasteiger partial charge >= 0.3 is 0 Å². The Hall–Kier alpha value is -3.61. The van der Waals surface area contributed by atoms with E-state index in [0.717, 1.165) is 32.6 Å². The van der Waals surface area contributed by atoms with Gasteiger partial charge in [-0.15, -0.1) is 0 Å². The number of benzene rings is 2. The number of sulfonamides is 1. The molecule has 0 saturated heterocycles. The predicted octanol–water partition coefficient (Wildman–Crippen LogP) is 5.95. The molecule has 0 bridgehead atoms. The monoisotopic (exact) mass is 602 g/mol. The smallest absolute Gasteiger partial charge is 0.272 e. The number of aromatic nitrogens is 3. The normalized spacial score (nSPS) is 17.8. The minimum atomic E-state index is -4.05. The van der Waals surface area contributed by atoms with E-state index in [1.165, 1.54) is 37.6 Å². The van der Waals surface area contributed by atoms with Crippen LogP contribution in [0.15, 0.2) is 59.6 Å². The fourth-order valence-electron chi connectivity index (χ4n) is 4.88. The van der Waals surface area contributed by atoms with Gasteiger partial charge in [0.05, 0.1) is 17.6 Å². The molecule has 13 heteroatoms. The average molecular weight is 603 g/mol. The standard InChI is InChI=1S/C28H29ClF2N6O3S/c1-28(30,31)21-14-16(13-17-15-33-27(36-25(17)21)34-19-9-7-18(32)8-10-19)20-11-12-24(35-26(20)40-2)37-41(38,39)23-6-4-3-5-22(23)29/h3-6,11-15,18-19H,7-10,32H2,1-2H3,(H,35,37)(H,33,34,36)/t18-,19-. The molecule has 2 aromatic carbocycles. The number of alkyl halides is 2. The van der Waals surface area contributed by atoms with Gasteiger partial charge in [0.25, 0.3) is 15.9 Å². The summed E-state index contributed by atoms with van der Waals surface area (Å²) < 4.78 is 63.3. The van der Waals surface area contributed by atoms with E-state index in [-0.39, 0.29) is 50.7 Å². The quantitative estimate of drug-likeness (QED) is 0.225. The number of halogens is 3. The largest absolute Gasteiger partial charge is 0.480 e. The summed E-state index contributed by atoms with van der Waals surface area (Å²) in [6, 6.07) is 12.3. The number of fused-ring (bicyclic) bond motifs is 1. The van der Waals surface area contributed by atoms with Crippen LogP contribution in [0, 0.1) is 0 Å². The lowest BCUT2D eigenvalue weighted by molar-refractivity contribution is 0.0189. The van der Waals surface area contributed by atoms with Gasteiger partial charge < -0.3 is 15.8 Å². The molecule has 1 saturated carbocycles. The highest BCUT2D eigenvalue weighted by molar-refractivity contribution is 7.92. The van der Waals surface area contributed by atoms with E-state index >= 15 is 0 Å². The SMILES string of the molecule is COc1nc(NS(=O)(=O)c2ccccc2Cl)ccc1-c1cc(C(C)(F)F)c2nc(N[C@H]3CC[C@H](N)CC3)ncc2c1.